The van der Waals surface area contributed by atoms with Gasteiger partial charge in [-0.25, -0.2) is 4.98 Å². The Morgan fingerprint density at radius 3 is 3.00 bits per heavy atom. The van der Waals surface area contributed by atoms with E-state index in [1.54, 1.807) is 0 Å². The second-order valence-corrected chi connectivity index (χ2v) is 5.20. The summed E-state index contributed by atoms with van der Waals surface area (Å²) >= 11 is 5.92. The summed E-state index contributed by atoms with van der Waals surface area (Å²) < 4.78 is 1.97. The fourth-order valence-electron chi connectivity index (χ4n) is 1.77. The molecule has 1 aliphatic carbocycles. The lowest BCUT2D eigenvalue weighted by atomic mass is 10.3. The Hall–Kier alpha value is -1.06. The Balaban J connectivity index is 1.82. The number of hydrogen-bond acceptors (Lipinski definition) is 2. The summed E-state index contributed by atoms with van der Waals surface area (Å²) in [6, 6.07) is 3.80. The van der Waals surface area contributed by atoms with Gasteiger partial charge in [-0.3, -0.25) is 0 Å². The van der Waals surface area contributed by atoms with Crippen molar-refractivity contribution in [2.45, 2.75) is 31.8 Å². The van der Waals surface area contributed by atoms with Crippen molar-refractivity contribution in [3.05, 3.63) is 35.2 Å². The molecule has 1 saturated carbocycles. The van der Waals surface area contributed by atoms with Crippen molar-refractivity contribution in [3.63, 3.8) is 0 Å². The molecule has 0 aromatic carbocycles. The van der Waals surface area contributed by atoms with Crippen LogP contribution in [-0.2, 0) is 6.54 Å². The first kappa shape index (κ1) is 10.1. The second kappa shape index (κ2) is 3.47. The summed E-state index contributed by atoms with van der Waals surface area (Å²) in [5.41, 5.74) is 2.37. The predicted molar refractivity (Wildman–Crippen MR) is 64.7 cm³/mol. The fourth-order valence-corrected chi connectivity index (χ4v) is 1.94. The van der Waals surface area contributed by atoms with Gasteiger partial charge < -0.3 is 9.72 Å². The summed E-state index contributed by atoms with van der Waals surface area (Å²) in [5, 5.41) is 4.25. The van der Waals surface area contributed by atoms with Gasteiger partial charge in [0.25, 0.3) is 0 Å². The van der Waals surface area contributed by atoms with E-state index < -0.39 is 0 Å². The molecule has 0 radical (unpaired) electrons. The quantitative estimate of drug-likeness (QED) is 0.886. The minimum atomic E-state index is 0.355. The number of rotatable bonds is 3. The molecule has 0 bridgehead atoms. The van der Waals surface area contributed by atoms with Crippen molar-refractivity contribution in [3.8, 4) is 0 Å². The van der Waals surface area contributed by atoms with E-state index in [2.05, 4.69) is 17.2 Å². The van der Waals surface area contributed by atoms with Gasteiger partial charge in [-0.15, -0.1) is 0 Å². The number of nitrogens with zero attached hydrogens (tertiary/aromatic N) is 2. The molecule has 0 amide bonds. The summed E-state index contributed by atoms with van der Waals surface area (Å²) in [4.78, 5) is 4.53. The van der Waals surface area contributed by atoms with Crippen LogP contribution >= 0.6 is 11.6 Å². The van der Waals surface area contributed by atoms with E-state index in [0.29, 0.717) is 5.54 Å². The zero-order chi connectivity index (χ0) is 11.2. The lowest BCUT2D eigenvalue weighted by Gasteiger charge is -2.08. The zero-order valence-electron chi connectivity index (χ0n) is 9.20. The lowest BCUT2D eigenvalue weighted by molar-refractivity contribution is 0.533. The largest absolute Gasteiger partial charge is 0.306 e. The molecule has 1 fully saturated rings. The van der Waals surface area contributed by atoms with Crippen LogP contribution in [0.3, 0.4) is 0 Å². The first-order valence-electron chi connectivity index (χ1n) is 5.53. The molecule has 2 aromatic heterocycles. The van der Waals surface area contributed by atoms with Crippen molar-refractivity contribution in [2.24, 2.45) is 0 Å². The van der Waals surface area contributed by atoms with Gasteiger partial charge in [0, 0.05) is 24.5 Å². The molecule has 0 spiro atoms. The molecule has 2 heterocycles. The highest BCUT2D eigenvalue weighted by atomic mass is 35.5. The van der Waals surface area contributed by atoms with E-state index in [0.717, 1.165) is 22.9 Å². The molecule has 1 aliphatic rings. The molecule has 0 saturated heterocycles. The number of fused-ring (bicyclic) bond motifs is 1. The number of pyridine rings is 1. The number of halogens is 1. The van der Waals surface area contributed by atoms with Gasteiger partial charge in [0.05, 0.1) is 10.7 Å². The first-order chi connectivity index (χ1) is 7.65. The average Bonchev–Trinajstić information content (AvgIpc) is 2.85. The Bertz CT molecular complexity index is 528. The standard InChI is InChI=1S/C12H14ClN3/c1-12(4-5-12)14-6-10-8-16-7-9(13)2-3-11(16)15-10/h2-3,7-8,14H,4-6H2,1H3. The van der Waals surface area contributed by atoms with Gasteiger partial charge in [0.2, 0.25) is 0 Å². The van der Waals surface area contributed by atoms with Crippen LogP contribution in [0.15, 0.2) is 24.5 Å². The van der Waals surface area contributed by atoms with E-state index >= 15 is 0 Å². The normalized spacial score (nSPS) is 17.9. The molecular weight excluding hydrogens is 222 g/mol. The molecule has 0 aliphatic heterocycles. The van der Waals surface area contributed by atoms with Gasteiger partial charge >= 0.3 is 0 Å². The third-order valence-electron chi connectivity index (χ3n) is 3.16. The SMILES string of the molecule is CC1(NCc2cn3cc(Cl)ccc3n2)CC1. The van der Waals surface area contributed by atoms with E-state index in [9.17, 15) is 0 Å². The van der Waals surface area contributed by atoms with Crippen LogP contribution < -0.4 is 5.32 Å². The number of nitrogens with one attached hydrogen (secondary N) is 1. The smallest absolute Gasteiger partial charge is 0.137 e. The fraction of sp³-hybridized carbons (Fsp3) is 0.417. The van der Waals surface area contributed by atoms with Gasteiger partial charge in [-0.2, -0.15) is 0 Å². The second-order valence-electron chi connectivity index (χ2n) is 4.76. The molecule has 1 N–H and O–H groups in total. The summed E-state index contributed by atoms with van der Waals surface area (Å²) in [7, 11) is 0. The number of aromatic nitrogens is 2. The van der Waals surface area contributed by atoms with E-state index in [-0.39, 0.29) is 0 Å². The average molecular weight is 236 g/mol. The topological polar surface area (TPSA) is 29.3 Å². The van der Waals surface area contributed by atoms with E-state index in [4.69, 9.17) is 11.6 Å². The van der Waals surface area contributed by atoms with Gasteiger partial charge in [0.15, 0.2) is 0 Å². The number of hydrogen-bond donors (Lipinski definition) is 1. The highest BCUT2D eigenvalue weighted by Crippen LogP contribution is 2.34. The Labute approximate surface area is 99.4 Å². The minimum Gasteiger partial charge on any atom is -0.306 e. The monoisotopic (exact) mass is 235 g/mol. The third kappa shape index (κ3) is 1.93. The van der Waals surface area contributed by atoms with Crippen LogP contribution in [0.5, 0.6) is 0 Å². The van der Waals surface area contributed by atoms with E-state index in [1.807, 2.05) is 28.9 Å². The van der Waals surface area contributed by atoms with Gasteiger partial charge in [-0.05, 0) is 31.9 Å². The van der Waals surface area contributed by atoms with Crippen molar-refractivity contribution < 1.29 is 0 Å². The highest BCUT2D eigenvalue weighted by Gasteiger charge is 2.36. The molecule has 0 unspecified atom stereocenters. The third-order valence-corrected chi connectivity index (χ3v) is 3.38. The highest BCUT2D eigenvalue weighted by molar-refractivity contribution is 6.30. The molecular formula is C12H14ClN3. The zero-order valence-corrected chi connectivity index (χ0v) is 9.96. The van der Waals surface area contributed by atoms with Gasteiger partial charge in [0.1, 0.15) is 5.65 Å². The molecule has 4 heteroatoms. The first-order valence-corrected chi connectivity index (χ1v) is 5.91. The molecule has 0 atom stereocenters. The van der Waals surface area contributed by atoms with Crippen LogP contribution in [0.2, 0.25) is 5.02 Å². The van der Waals surface area contributed by atoms with Crippen LogP contribution in [0, 0.1) is 0 Å². The molecule has 2 aromatic rings. The van der Waals surface area contributed by atoms with E-state index in [1.165, 1.54) is 12.8 Å². The lowest BCUT2D eigenvalue weighted by Crippen LogP contribution is -2.27. The van der Waals surface area contributed by atoms with Crippen LogP contribution in [0.25, 0.3) is 5.65 Å². The van der Waals surface area contributed by atoms with Crippen molar-refractivity contribution in [2.75, 3.05) is 0 Å². The van der Waals surface area contributed by atoms with Crippen LogP contribution in [0.1, 0.15) is 25.5 Å². The Morgan fingerprint density at radius 2 is 2.25 bits per heavy atom. The van der Waals surface area contributed by atoms with Crippen molar-refractivity contribution in [1.29, 1.82) is 0 Å². The predicted octanol–water partition coefficient (Wildman–Crippen LogP) is 2.63. The van der Waals surface area contributed by atoms with Crippen LogP contribution in [0.4, 0.5) is 0 Å². The summed E-state index contributed by atoms with van der Waals surface area (Å²) in [6.07, 6.45) is 6.45. The maximum atomic E-state index is 5.92. The van der Waals surface area contributed by atoms with Crippen molar-refractivity contribution >= 4 is 17.2 Å². The molecule has 3 nitrogen and oxygen atoms in total. The number of imidazole rings is 1. The van der Waals surface area contributed by atoms with Crippen molar-refractivity contribution in [1.82, 2.24) is 14.7 Å². The minimum absolute atomic E-state index is 0.355. The maximum Gasteiger partial charge on any atom is 0.137 e. The summed E-state index contributed by atoms with van der Waals surface area (Å²) in [5.74, 6) is 0. The molecule has 16 heavy (non-hydrogen) atoms. The van der Waals surface area contributed by atoms with Crippen LogP contribution in [-0.4, -0.2) is 14.9 Å². The Kier molecular flexibility index (Phi) is 2.19. The Morgan fingerprint density at radius 1 is 1.44 bits per heavy atom. The maximum absolute atomic E-state index is 5.92. The molecule has 3 rings (SSSR count). The van der Waals surface area contributed by atoms with Gasteiger partial charge in [-0.1, -0.05) is 11.6 Å². The molecule has 84 valence electrons. The summed E-state index contributed by atoms with van der Waals surface area (Å²) in [6.45, 7) is 3.08.